The third-order valence-corrected chi connectivity index (χ3v) is 2.30. The Balaban J connectivity index is 2.51. The fraction of sp³-hybridized carbons (Fsp3) is 0.600. The molecule has 0 saturated carbocycles. The van der Waals surface area contributed by atoms with E-state index in [1.807, 2.05) is 0 Å². The summed E-state index contributed by atoms with van der Waals surface area (Å²) in [6.45, 7) is 3.33. The second-order valence-corrected chi connectivity index (χ2v) is 3.84. The van der Waals surface area contributed by atoms with Crippen LogP contribution >= 0.6 is 0 Å². The van der Waals surface area contributed by atoms with Gasteiger partial charge in [-0.05, 0) is 33.1 Å². The number of hydrogen-bond acceptors (Lipinski definition) is 4. The highest BCUT2D eigenvalue weighted by atomic mass is 16.4. The first kappa shape index (κ1) is 12.4. The van der Waals surface area contributed by atoms with Gasteiger partial charge in [-0.15, -0.1) is 5.10 Å². The molecule has 1 aromatic heterocycles. The Bertz CT molecular complexity index is 386. The molecule has 0 amide bonds. The molecule has 0 bridgehead atoms. The van der Waals surface area contributed by atoms with E-state index in [4.69, 9.17) is 10.5 Å². The fourth-order valence-electron chi connectivity index (χ4n) is 1.27. The van der Waals surface area contributed by atoms with Crippen LogP contribution < -0.4 is 0 Å². The zero-order valence-corrected chi connectivity index (χ0v) is 9.47. The summed E-state index contributed by atoms with van der Waals surface area (Å²) >= 11 is 0. The van der Waals surface area contributed by atoms with Gasteiger partial charge in [0.2, 0.25) is 0 Å². The number of rotatable bonds is 6. The van der Waals surface area contributed by atoms with Crippen LogP contribution in [0.15, 0.2) is 6.20 Å². The molecule has 1 aromatic rings. The molecule has 1 atom stereocenters. The van der Waals surface area contributed by atoms with Crippen molar-refractivity contribution in [2.75, 3.05) is 0 Å². The average Bonchev–Trinajstić information content (AvgIpc) is 2.64. The number of nitrogens with one attached hydrogen (secondary N) is 1. The van der Waals surface area contributed by atoms with Gasteiger partial charge in [0.1, 0.15) is 6.04 Å². The quantitative estimate of drug-likeness (QED) is 0.712. The van der Waals surface area contributed by atoms with Crippen molar-refractivity contribution in [3.8, 4) is 0 Å². The molecule has 0 aliphatic carbocycles. The molecule has 88 valence electrons. The Hall–Kier alpha value is -1.72. The molecule has 6 nitrogen and oxygen atoms in total. The lowest BCUT2D eigenvalue weighted by Crippen LogP contribution is -2.15. The van der Waals surface area contributed by atoms with Crippen molar-refractivity contribution in [1.29, 1.82) is 5.41 Å². The highest BCUT2D eigenvalue weighted by Gasteiger charge is 2.14. The lowest BCUT2D eigenvalue weighted by Gasteiger charge is -2.03. The Morgan fingerprint density at radius 1 is 1.69 bits per heavy atom. The fourth-order valence-corrected chi connectivity index (χ4v) is 1.27. The molecule has 1 unspecified atom stereocenters. The number of carboxylic acid groups (broad SMARTS) is 1. The van der Waals surface area contributed by atoms with E-state index in [0.29, 0.717) is 5.71 Å². The van der Waals surface area contributed by atoms with E-state index in [2.05, 4.69) is 10.3 Å². The minimum atomic E-state index is -0.924. The molecule has 1 rings (SSSR count). The summed E-state index contributed by atoms with van der Waals surface area (Å²) in [7, 11) is 0. The van der Waals surface area contributed by atoms with Crippen molar-refractivity contribution in [2.24, 2.45) is 0 Å². The van der Waals surface area contributed by atoms with Crippen LogP contribution in [0.4, 0.5) is 0 Å². The number of aromatic nitrogens is 3. The number of aliphatic carboxylic acids is 1. The van der Waals surface area contributed by atoms with Gasteiger partial charge in [0.15, 0.2) is 0 Å². The minimum absolute atomic E-state index is 0.645. The summed E-state index contributed by atoms with van der Waals surface area (Å²) in [6, 6.07) is -0.689. The van der Waals surface area contributed by atoms with Gasteiger partial charge in [-0.2, -0.15) is 0 Å². The van der Waals surface area contributed by atoms with E-state index < -0.39 is 12.0 Å². The van der Waals surface area contributed by atoms with Gasteiger partial charge in [0.25, 0.3) is 0 Å². The van der Waals surface area contributed by atoms with Gasteiger partial charge >= 0.3 is 5.97 Å². The van der Waals surface area contributed by atoms with E-state index in [0.717, 1.165) is 25.0 Å². The topological polar surface area (TPSA) is 91.9 Å². The van der Waals surface area contributed by atoms with Crippen LogP contribution in [0.3, 0.4) is 0 Å². The number of carbonyl (C=O) groups is 1. The molecule has 0 fully saturated rings. The predicted molar refractivity (Wildman–Crippen MR) is 58.7 cm³/mol. The van der Waals surface area contributed by atoms with E-state index in [9.17, 15) is 4.79 Å². The Morgan fingerprint density at radius 2 is 2.38 bits per heavy atom. The number of nitrogens with zero attached hydrogens (tertiary/aromatic N) is 3. The molecule has 1 heterocycles. The minimum Gasteiger partial charge on any atom is -0.480 e. The second kappa shape index (κ2) is 5.39. The zero-order chi connectivity index (χ0) is 12.1. The maximum Gasteiger partial charge on any atom is 0.328 e. The Kier molecular flexibility index (Phi) is 4.16. The zero-order valence-electron chi connectivity index (χ0n) is 9.47. The number of carboxylic acids is 1. The molecule has 0 aliphatic rings. The van der Waals surface area contributed by atoms with E-state index in [1.54, 1.807) is 20.0 Å². The van der Waals surface area contributed by atoms with Crippen LogP contribution in [0.1, 0.15) is 38.4 Å². The van der Waals surface area contributed by atoms with E-state index in [1.165, 1.54) is 4.68 Å². The maximum atomic E-state index is 10.7. The van der Waals surface area contributed by atoms with E-state index >= 15 is 0 Å². The van der Waals surface area contributed by atoms with Crippen molar-refractivity contribution < 1.29 is 9.90 Å². The lowest BCUT2D eigenvalue weighted by atomic mass is 10.1. The largest absolute Gasteiger partial charge is 0.480 e. The van der Waals surface area contributed by atoms with E-state index in [-0.39, 0.29) is 0 Å². The third kappa shape index (κ3) is 3.45. The van der Waals surface area contributed by atoms with Crippen molar-refractivity contribution in [1.82, 2.24) is 15.0 Å². The summed E-state index contributed by atoms with van der Waals surface area (Å²) in [5, 5.41) is 23.7. The molecule has 0 radical (unpaired) electrons. The van der Waals surface area contributed by atoms with Crippen LogP contribution in [0, 0.1) is 5.41 Å². The molecule has 16 heavy (non-hydrogen) atoms. The normalized spacial score (nSPS) is 12.4. The van der Waals surface area contributed by atoms with Gasteiger partial charge < -0.3 is 10.5 Å². The van der Waals surface area contributed by atoms with Crippen molar-refractivity contribution in [2.45, 2.75) is 39.2 Å². The summed E-state index contributed by atoms with van der Waals surface area (Å²) in [5.74, 6) is -0.924. The third-order valence-electron chi connectivity index (χ3n) is 2.30. The summed E-state index contributed by atoms with van der Waals surface area (Å²) in [6.07, 6.45) is 3.96. The maximum absolute atomic E-state index is 10.7. The van der Waals surface area contributed by atoms with Crippen LogP contribution in [-0.2, 0) is 11.2 Å². The SMILES string of the molecule is CC(=N)CCCc1cn(C(C)C(=O)O)nn1. The second-order valence-electron chi connectivity index (χ2n) is 3.84. The molecule has 0 aliphatic heterocycles. The summed E-state index contributed by atoms with van der Waals surface area (Å²) in [4.78, 5) is 10.7. The van der Waals surface area contributed by atoms with Crippen molar-refractivity contribution in [3.63, 3.8) is 0 Å². The van der Waals surface area contributed by atoms with Gasteiger partial charge in [0, 0.05) is 11.9 Å². The highest BCUT2D eigenvalue weighted by molar-refractivity contribution is 5.78. The van der Waals surface area contributed by atoms with Crippen LogP contribution in [-0.4, -0.2) is 31.8 Å². The number of hydrogen-bond donors (Lipinski definition) is 2. The summed E-state index contributed by atoms with van der Waals surface area (Å²) < 4.78 is 1.34. The average molecular weight is 224 g/mol. The molecule has 0 spiro atoms. The lowest BCUT2D eigenvalue weighted by molar-refractivity contribution is -0.140. The Morgan fingerprint density at radius 3 is 2.94 bits per heavy atom. The molecule has 0 saturated heterocycles. The first-order valence-electron chi connectivity index (χ1n) is 5.18. The van der Waals surface area contributed by atoms with Crippen LogP contribution in [0.2, 0.25) is 0 Å². The smallest absolute Gasteiger partial charge is 0.328 e. The van der Waals surface area contributed by atoms with Crippen molar-refractivity contribution >= 4 is 11.7 Å². The molecule has 6 heteroatoms. The molecule has 0 aromatic carbocycles. The first-order valence-corrected chi connectivity index (χ1v) is 5.18. The number of aryl methyl sites for hydroxylation is 1. The monoisotopic (exact) mass is 224 g/mol. The highest BCUT2D eigenvalue weighted by Crippen LogP contribution is 2.07. The van der Waals surface area contributed by atoms with Crippen molar-refractivity contribution in [3.05, 3.63) is 11.9 Å². The Labute approximate surface area is 93.8 Å². The van der Waals surface area contributed by atoms with Crippen LogP contribution in [0.5, 0.6) is 0 Å². The summed E-state index contributed by atoms with van der Waals surface area (Å²) in [5.41, 5.74) is 1.42. The molecule has 2 N–H and O–H groups in total. The van der Waals surface area contributed by atoms with Gasteiger partial charge in [-0.25, -0.2) is 9.48 Å². The standard InChI is InChI=1S/C10H16N4O2/c1-7(11)4-3-5-9-6-14(13-12-9)8(2)10(15)16/h6,8,11H,3-5H2,1-2H3,(H,15,16). The molecular formula is C10H16N4O2. The molecular weight excluding hydrogens is 208 g/mol. The predicted octanol–water partition coefficient (Wildman–Crippen LogP) is 1.29. The first-order chi connectivity index (χ1) is 7.50. The van der Waals surface area contributed by atoms with Gasteiger partial charge in [0.05, 0.1) is 5.69 Å². The van der Waals surface area contributed by atoms with Gasteiger partial charge in [-0.1, -0.05) is 5.21 Å². The van der Waals surface area contributed by atoms with Gasteiger partial charge in [-0.3, -0.25) is 0 Å². The van der Waals surface area contributed by atoms with Crippen LogP contribution in [0.25, 0.3) is 0 Å².